The third-order valence-electron chi connectivity index (χ3n) is 1.82. The molecule has 0 radical (unpaired) electrons. The van der Waals surface area contributed by atoms with E-state index in [1.165, 1.54) is 0 Å². The molecule has 14 heavy (non-hydrogen) atoms. The number of aliphatic imine (C=N–C) groups is 1. The predicted molar refractivity (Wildman–Crippen MR) is 57.2 cm³/mol. The standard InChI is InChI=1S/C9H13ClN4/c1-5(2)6(3)11-9-13-7(4)12-8(10)14-9/h5H,1-4H3. The van der Waals surface area contributed by atoms with Crippen LogP contribution in [0.25, 0.3) is 0 Å². The second-order valence-corrected chi connectivity index (χ2v) is 3.70. The molecule has 4 nitrogen and oxygen atoms in total. The van der Waals surface area contributed by atoms with Crippen molar-refractivity contribution in [3.05, 3.63) is 11.1 Å². The molecule has 1 heterocycles. The lowest BCUT2D eigenvalue weighted by atomic mass is 10.1. The molecule has 0 aliphatic heterocycles. The van der Waals surface area contributed by atoms with E-state index in [0.29, 0.717) is 17.7 Å². The zero-order valence-electron chi connectivity index (χ0n) is 8.74. The molecule has 0 amide bonds. The van der Waals surface area contributed by atoms with E-state index in [1.54, 1.807) is 6.92 Å². The average molecular weight is 213 g/mol. The normalized spacial score (nSPS) is 12.3. The summed E-state index contributed by atoms with van der Waals surface area (Å²) in [7, 11) is 0. The Morgan fingerprint density at radius 1 is 1.29 bits per heavy atom. The van der Waals surface area contributed by atoms with Crippen molar-refractivity contribution in [2.75, 3.05) is 0 Å². The number of hydrogen-bond donors (Lipinski definition) is 0. The van der Waals surface area contributed by atoms with Gasteiger partial charge < -0.3 is 0 Å². The Morgan fingerprint density at radius 3 is 2.43 bits per heavy atom. The van der Waals surface area contributed by atoms with Crippen LogP contribution in [0.5, 0.6) is 0 Å². The average Bonchev–Trinajstić information content (AvgIpc) is 2.01. The minimum absolute atomic E-state index is 0.188. The van der Waals surface area contributed by atoms with Gasteiger partial charge in [0, 0.05) is 5.71 Å². The fourth-order valence-corrected chi connectivity index (χ4v) is 0.970. The first-order valence-corrected chi connectivity index (χ1v) is 4.80. The first-order valence-electron chi connectivity index (χ1n) is 4.42. The molecule has 1 aromatic rings. The van der Waals surface area contributed by atoms with Gasteiger partial charge in [0.25, 0.3) is 5.95 Å². The highest BCUT2D eigenvalue weighted by molar-refractivity contribution is 6.28. The molecule has 0 spiro atoms. The second kappa shape index (κ2) is 4.46. The lowest BCUT2D eigenvalue weighted by Crippen LogP contribution is -2.02. The molecule has 0 saturated carbocycles. The number of rotatable bonds is 2. The van der Waals surface area contributed by atoms with E-state index in [4.69, 9.17) is 11.6 Å². The predicted octanol–water partition coefficient (Wildman–Crippen LogP) is 2.58. The van der Waals surface area contributed by atoms with Crippen molar-refractivity contribution in [1.29, 1.82) is 0 Å². The van der Waals surface area contributed by atoms with E-state index in [2.05, 4.69) is 33.8 Å². The molecule has 0 aliphatic carbocycles. The summed E-state index contributed by atoms with van der Waals surface area (Å²) in [4.78, 5) is 16.1. The van der Waals surface area contributed by atoms with E-state index >= 15 is 0 Å². The quantitative estimate of drug-likeness (QED) is 0.708. The van der Waals surface area contributed by atoms with E-state index in [-0.39, 0.29) is 5.28 Å². The third-order valence-corrected chi connectivity index (χ3v) is 1.99. The second-order valence-electron chi connectivity index (χ2n) is 3.36. The molecule has 0 bridgehead atoms. The Bertz CT molecular complexity index is 340. The summed E-state index contributed by atoms with van der Waals surface area (Å²) in [5.74, 6) is 1.35. The van der Waals surface area contributed by atoms with Crippen LogP contribution < -0.4 is 0 Å². The highest BCUT2D eigenvalue weighted by Gasteiger charge is 2.03. The summed E-state index contributed by atoms with van der Waals surface area (Å²) in [6.07, 6.45) is 0. The first kappa shape index (κ1) is 11.0. The number of aromatic nitrogens is 3. The van der Waals surface area contributed by atoms with Gasteiger partial charge >= 0.3 is 0 Å². The maximum absolute atomic E-state index is 5.68. The van der Waals surface area contributed by atoms with Gasteiger partial charge in [-0.3, -0.25) is 0 Å². The van der Waals surface area contributed by atoms with Crippen LogP contribution in [-0.4, -0.2) is 20.7 Å². The SMILES string of the molecule is CC(=Nc1nc(C)nc(Cl)n1)C(C)C. The van der Waals surface area contributed by atoms with Gasteiger partial charge in [0.05, 0.1) is 0 Å². The number of hydrogen-bond acceptors (Lipinski definition) is 4. The van der Waals surface area contributed by atoms with Crippen LogP contribution in [0.15, 0.2) is 4.99 Å². The van der Waals surface area contributed by atoms with Gasteiger partial charge in [0.15, 0.2) is 0 Å². The Morgan fingerprint density at radius 2 is 1.93 bits per heavy atom. The van der Waals surface area contributed by atoms with Gasteiger partial charge in [0.2, 0.25) is 5.28 Å². The van der Waals surface area contributed by atoms with Crippen LogP contribution in [0.3, 0.4) is 0 Å². The molecule has 0 aromatic carbocycles. The highest BCUT2D eigenvalue weighted by atomic mass is 35.5. The van der Waals surface area contributed by atoms with Crippen LogP contribution in [-0.2, 0) is 0 Å². The zero-order valence-corrected chi connectivity index (χ0v) is 9.50. The molecule has 0 fully saturated rings. The van der Waals surface area contributed by atoms with Gasteiger partial charge in [0.1, 0.15) is 5.82 Å². The topological polar surface area (TPSA) is 51.0 Å². The van der Waals surface area contributed by atoms with E-state index in [1.807, 2.05) is 6.92 Å². The molecule has 1 aromatic heterocycles. The lowest BCUT2D eigenvalue weighted by molar-refractivity contribution is 0.871. The van der Waals surface area contributed by atoms with Crippen molar-refractivity contribution >= 4 is 23.3 Å². The van der Waals surface area contributed by atoms with Gasteiger partial charge in [-0.2, -0.15) is 9.97 Å². The first-order chi connectivity index (χ1) is 6.49. The van der Waals surface area contributed by atoms with E-state index in [0.717, 1.165) is 5.71 Å². The van der Waals surface area contributed by atoms with Crippen molar-refractivity contribution in [2.24, 2.45) is 10.9 Å². The van der Waals surface area contributed by atoms with Crippen molar-refractivity contribution < 1.29 is 0 Å². The van der Waals surface area contributed by atoms with Crippen molar-refractivity contribution in [3.63, 3.8) is 0 Å². The molecule has 76 valence electrons. The number of aryl methyl sites for hydroxylation is 1. The molecule has 5 heteroatoms. The summed E-state index contributed by atoms with van der Waals surface area (Å²) in [5.41, 5.74) is 0.978. The van der Waals surface area contributed by atoms with Crippen LogP contribution in [0.4, 0.5) is 5.95 Å². The number of halogens is 1. The summed E-state index contributed by atoms with van der Waals surface area (Å²) < 4.78 is 0. The minimum atomic E-state index is 0.188. The maximum atomic E-state index is 5.68. The van der Waals surface area contributed by atoms with Gasteiger partial charge in [-0.25, -0.2) is 9.98 Å². The van der Waals surface area contributed by atoms with Crippen molar-refractivity contribution in [3.8, 4) is 0 Å². The smallest absolute Gasteiger partial charge is 0.221 e. The molecular formula is C9H13ClN4. The Balaban J connectivity index is 3.02. The molecule has 0 atom stereocenters. The minimum Gasteiger partial charge on any atom is -0.221 e. The maximum Gasteiger partial charge on any atom is 0.253 e. The monoisotopic (exact) mass is 212 g/mol. The summed E-state index contributed by atoms with van der Waals surface area (Å²) in [6, 6.07) is 0. The fraction of sp³-hybridized carbons (Fsp3) is 0.556. The summed E-state index contributed by atoms with van der Waals surface area (Å²) in [5, 5.41) is 0.188. The van der Waals surface area contributed by atoms with Crippen LogP contribution in [0.2, 0.25) is 5.28 Å². The van der Waals surface area contributed by atoms with E-state index in [9.17, 15) is 0 Å². The van der Waals surface area contributed by atoms with Crippen LogP contribution >= 0.6 is 11.6 Å². The molecule has 0 N–H and O–H groups in total. The highest BCUT2D eigenvalue weighted by Crippen LogP contribution is 2.10. The third kappa shape index (κ3) is 3.03. The van der Waals surface area contributed by atoms with Crippen molar-refractivity contribution in [1.82, 2.24) is 15.0 Å². The molecule has 0 aliphatic rings. The molecular weight excluding hydrogens is 200 g/mol. The molecule has 1 rings (SSSR count). The molecule has 0 unspecified atom stereocenters. The molecule has 0 saturated heterocycles. The fourth-order valence-electron chi connectivity index (χ4n) is 0.773. The van der Waals surface area contributed by atoms with Crippen molar-refractivity contribution in [2.45, 2.75) is 27.7 Å². The Kier molecular flexibility index (Phi) is 3.52. The van der Waals surface area contributed by atoms with Gasteiger partial charge in [-0.15, -0.1) is 0 Å². The van der Waals surface area contributed by atoms with E-state index < -0.39 is 0 Å². The summed E-state index contributed by atoms with van der Waals surface area (Å²) >= 11 is 5.68. The van der Waals surface area contributed by atoms with Crippen LogP contribution in [0.1, 0.15) is 26.6 Å². The number of nitrogens with zero attached hydrogens (tertiary/aromatic N) is 4. The Hall–Kier alpha value is -1.03. The van der Waals surface area contributed by atoms with Crippen LogP contribution in [0, 0.1) is 12.8 Å². The van der Waals surface area contributed by atoms with Gasteiger partial charge in [-0.05, 0) is 31.4 Å². The van der Waals surface area contributed by atoms with Gasteiger partial charge in [-0.1, -0.05) is 13.8 Å². The largest absolute Gasteiger partial charge is 0.253 e. The summed E-state index contributed by atoms with van der Waals surface area (Å²) in [6.45, 7) is 7.83. The zero-order chi connectivity index (χ0) is 10.7. The Labute approximate surface area is 88.5 Å². The lowest BCUT2D eigenvalue weighted by Gasteiger charge is -2.02.